The normalized spacial score (nSPS) is 21.8. The van der Waals surface area contributed by atoms with E-state index < -0.39 is 16.8 Å². The highest BCUT2D eigenvalue weighted by molar-refractivity contribution is 6.33. The number of aromatic nitrogens is 12. The van der Waals surface area contributed by atoms with E-state index in [0.717, 1.165) is 202 Å². The zero-order valence-corrected chi connectivity index (χ0v) is 70.9. The van der Waals surface area contributed by atoms with Crippen LogP contribution in [0.5, 0.6) is 11.8 Å². The Morgan fingerprint density at radius 3 is 1.19 bits per heavy atom. The number of hydrogen-bond donors (Lipinski definition) is 4. The first-order chi connectivity index (χ1) is 59.8. The topological polar surface area (TPSA) is 335 Å². The number of amides is 1. The average molecular weight is 1680 g/mol. The maximum Gasteiger partial charge on any atom is 0.271 e. The monoisotopic (exact) mass is 1680 g/mol. The molecule has 10 saturated heterocycles. The van der Waals surface area contributed by atoms with Crippen LogP contribution >= 0.6 is 11.6 Å². The molecule has 0 aromatic carbocycles. The fourth-order valence-corrected chi connectivity index (χ4v) is 21.8. The molecular weight excluding hydrogens is 1580 g/mol. The van der Waals surface area contributed by atoms with Crippen LogP contribution in [0.4, 0.5) is 34.5 Å². The predicted octanol–water partition coefficient (Wildman–Crippen LogP) is 10.6. The summed E-state index contributed by atoms with van der Waals surface area (Å²) in [5.41, 5.74) is 13.6. The third kappa shape index (κ3) is 15.0. The third-order valence-corrected chi connectivity index (χ3v) is 27.6. The number of ether oxygens (including phenoxy) is 2. The van der Waals surface area contributed by atoms with Crippen LogP contribution in [0.3, 0.4) is 0 Å². The summed E-state index contributed by atoms with van der Waals surface area (Å²) in [6.07, 6.45) is 29.1. The molecule has 2 aliphatic carbocycles. The molecule has 12 aromatic heterocycles. The molecule has 0 radical (unpaired) electrons. The lowest BCUT2D eigenvalue weighted by Crippen LogP contribution is -2.68. The van der Waals surface area contributed by atoms with E-state index in [1.165, 1.54) is 24.0 Å². The van der Waals surface area contributed by atoms with E-state index in [1.54, 1.807) is 60.2 Å². The third-order valence-electron chi connectivity index (χ3n) is 27.3. The number of β-amino-alcohol motifs (C(OH)–C–C–N with tert-alkyl or cyclic N) is 1. The molecular formula is C93H97ClN24O6. The van der Waals surface area contributed by atoms with Crippen LogP contribution in [0, 0.1) is 44.8 Å². The van der Waals surface area contributed by atoms with Crippen molar-refractivity contribution in [3.05, 3.63) is 204 Å². The van der Waals surface area contributed by atoms with Gasteiger partial charge >= 0.3 is 0 Å². The number of aliphatic hydroxyl groups is 3. The molecule has 12 fully saturated rings. The Kier molecular flexibility index (Phi) is 19.8. The average Bonchev–Trinajstić information content (AvgIpc) is 0.786. The Morgan fingerprint density at radius 1 is 0.476 bits per heavy atom. The summed E-state index contributed by atoms with van der Waals surface area (Å²) >= 11 is 6.18. The zero-order valence-electron chi connectivity index (χ0n) is 70.2. The highest BCUT2D eigenvalue weighted by atomic mass is 35.5. The van der Waals surface area contributed by atoms with Gasteiger partial charge < -0.3 is 59.5 Å². The number of nitriles is 3. The second-order valence-corrected chi connectivity index (χ2v) is 37.6. The van der Waals surface area contributed by atoms with Crippen LogP contribution in [-0.4, -0.2) is 229 Å². The first kappa shape index (κ1) is 79.8. The summed E-state index contributed by atoms with van der Waals surface area (Å²) in [6.45, 7) is 19.6. The number of fused-ring (bicyclic) bond motifs is 7. The van der Waals surface area contributed by atoms with Crippen molar-refractivity contribution in [1.29, 1.82) is 15.8 Å². The molecule has 4 bridgehead atoms. The number of carbonyl (C=O) groups is 1. The molecule has 632 valence electrons. The van der Waals surface area contributed by atoms with E-state index in [0.29, 0.717) is 70.7 Å². The van der Waals surface area contributed by atoms with Crippen molar-refractivity contribution in [2.75, 3.05) is 122 Å². The van der Waals surface area contributed by atoms with Crippen molar-refractivity contribution >= 4 is 68.6 Å². The second-order valence-electron chi connectivity index (χ2n) is 37.2. The molecule has 31 heteroatoms. The second kappa shape index (κ2) is 30.7. The standard InChI is InChI=1S/C32H33ClN8O2.C32H34N8O2.C29H30N8O2/c1-30(38-29(42)27-25(33)4-3-9-35-27)7-10-39(11-8-30)26-6-5-21(14-36-26)24-12-23(16-41-28(24)22(13-34)15-37-41)40-19-32(20-40)17-31(2,43)18-32;1-31(41)17-32(18-31)19-38(20-32)24-8-27(30-23(9-33)12-36-40(30)16-24)22-4-5-28(34-11-22)37-14-25-7-26(15-37)39(25)13-21-3-6-29(42-2)35-10-21;1-29(38)17-35(18-29)22-8-25(28-21(9-30)12-33-37(28)16-22)20-4-5-26(31-11-20)34-14-23-7-24(15-34)36(23)13-19-3-6-27(39-2)32-10-19/h3-6,9,12,14-16,43H,7-8,10-11,17-20H2,1-2H3,(H,38,42);3-6,8,10-12,16,25-26,41H,7,13-15,17-20H2,1-2H3;3-6,8,10-12,16,23-24,38H,7,13-15,17-18H2,1-2H3. The van der Waals surface area contributed by atoms with E-state index in [2.05, 4.69) is 161 Å². The van der Waals surface area contributed by atoms with E-state index in [-0.39, 0.29) is 28.0 Å². The Hall–Kier alpha value is -12.6. The lowest BCUT2D eigenvalue weighted by molar-refractivity contribution is -0.127. The Bertz CT molecular complexity index is 6180. The lowest BCUT2D eigenvalue weighted by Gasteiger charge is -2.62. The SMILES string of the molecule is CC1(O)CC2(CN(c3cc(-c4ccc(N5CCC(C)(NC(=O)c6ncccc6Cl)CC5)nc4)c4c(C#N)cnn4c3)C2)C1.COc1ccc(CN2C3CC2CN(c2ccc(-c4cc(N5CC(C)(O)C5)cn5ncc(C#N)c45)cn2)C3)cn1.COc1ccc(CN2C3CC2CN(c2ccc(-c4cc(N5CC6(C5)CC(C)(O)C6)cn5ncc(C#N)c45)cn2)C3)cn1. The molecule has 2 saturated carbocycles. The highest BCUT2D eigenvalue weighted by Crippen LogP contribution is 2.57. The molecule has 4 unspecified atom stereocenters. The smallest absolute Gasteiger partial charge is 0.271 e. The summed E-state index contributed by atoms with van der Waals surface area (Å²) in [7, 11) is 3.27. The van der Waals surface area contributed by atoms with Gasteiger partial charge in [0.1, 0.15) is 41.4 Å². The number of rotatable bonds is 17. The Balaban J connectivity index is 0.000000118. The van der Waals surface area contributed by atoms with Gasteiger partial charge in [-0.15, -0.1) is 0 Å². The van der Waals surface area contributed by atoms with Crippen LogP contribution in [0.25, 0.3) is 49.9 Å². The molecule has 24 rings (SSSR count). The number of pyridine rings is 9. The quantitative estimate of drug-likeness (QED) is 0.0658. The maximum absolute atomic E-state index is 12.8. The molecule has 124 heavy (non-hydrogen) atoms. The minimum Gasteiger partial charge on any atom is -0.481 e. The van der Waals surface area contributed by atoms with Crippen molar-refractivity contribution in [2.45, 2.75) is 139 Å². The minimum atomic E-state index is -0.684. The van der Waals surface area contributed by atoms with Crippen molar-refractivity contribution in [1.82, 2.24) is 73.9 Å². The Morgan fingerprint density at radius 2 is 0.863 bits per heavy atom. The molecule has 2 spiro atoms. The van der Waals surface area contributed by atoms with Crippen LogP contribution in [0.15, 0.2) is 165 Å². The highest BCUT2D eigenvalue weighted by Gasteiger charge is 2.59. The van der Waals surface area contributed by atoms with Gasteiger partial charge in [0, 0.05) is 215 Å². The minimum absolute atomic E-state index is 0.197. The molecule has 4 N–H and O–H groups in total. The van der Waals surface area contributed by atoms with Gasteiger partial charge in [-0.3, -0.25) is 14.6 Å². The van der Waals surface area contributed by atoms with Gasteiger partial charge in [0.05, 0.1) is 124 Å². The van der Waals surface area contributed by atoms with Crippen molar-refractivity contribution < 1.29 is 29.6 Å². The van der Waals surface area contributed by atoms with E-state index in [4.69, 9.17) is 36.0 Å². The number of anilines is 6. The molecule has 22 heterocycles. The largest absolute Gasteiger partial charge is 0.481 e. The molecule has 4 atom stereocenters. The van der Waals surface area contributed by atoms with Crippen LogP contribution in [0.1, 0.15) is 117 Å². The number of nitrogens with zero attached hydrogens (tertiary/aromatic N) is 23. The number of piperazine rings is 2. The number of hydrogen-bond acceptors (Lipinski definition) is 26. The first-order valence-corrected chi connectivity index (χ1v) is 42.9. The van der Waals surface area contributed by atoms with Gasteiger partial charge in [-0.05, 0) is 157 Å². The van der Waals surface area contributed by atoms with Crippen LogP contribution < -0.4 is 44.2 Å². The van der Waals surface area contributed by atoms with E-state index in [9.17, 15) is 35.9 Å². The van der Waals surface area contributed by atoms with Crippen LogP contribution in [0.2, 0.25) is 5.02 Å². The first-order valence-electron chi connectivity index (χ1n) is 42.5. The number of carbonyl (C=O) groups excluding carboxylic acids is 1. The van der Waals surface area contributed by atoms with Crippen molar-refractivity contribution in [3.8, 4) is 63.3 Å². The van der Waals surface area contributed by atoms with Gasteiger partial charge in [-0.1, -0.05) is 23.7 Å². The van der Waals surface area contributed by atoms with E-state index in [1.807, 2.05) is 93.1 Å². The van der Waals surface area contributed by atoms with Crippen molar-refractivity contribution in [3.63, 3.8) is 0 Å². The number of methoxy groups -OCH3 is 2. The summed E-state index contributed by atoms with van der Waals surface area (Å²) in [5.74, 6) is 3.85. The van der Waals surface area contributed by atoms with Crippen molar-refractivity contribution in [2.24, 2.45) is 10.8 Å². The molecule has 1 amide bonds. The summed E-state index contributed by atoms with van der Waals surface area (Å²) in [5, 5.41) is 76.9. The number of nitrogens with one attached hydrogen (secondary N) is 1. The van der Waals surface area contributed by atoms with Gasteiger partial charge in [0.25, 0.3) is 5.91 Å². The summed E-state index contributed by atoms with van der Waals surface area (Å²) in [4.78, 5) is 59.2. The van der Waals surface area contributed by atoms with Gasteiger partial charge in [0.2, 0.25) is 11.8 Å². The molecule has 12 aliphatic rings. The maximum atomic E-state index is 12.8. The fraction of sp³-hybridized carbons (Fsp3) is 0.409. The van der Waals surface area contributed by atoms with Gasteiger partial charge in [-0.25, -0.2) is 43.5 Å². The molecule has 10 aliphatic heterocycles. The number of piperidine rings is 3. The summed E-state index contributed by atoms with van der Waals surface area (Å²) < 4.78 is 15.7. The molecule has 12 aromatic rings. The fourth-order valence-electron chi connectivity index (χ4n) is 21.5. The Labute approximate surface area is 722 Å². The molecule has 30 nitrogen and oxygen atoms in total. The lowest BCUT2D eigenvalue weighted by atomic mass is 9.56. The zero-order chi connectivity index (χ0) is 85.3. The van der Waals surface area contributed by atoms with E-state index >= 15 is 0 Å². The summed E-state index contributed by atoms with van der Waals surface area (Å²) in [6, 6.07) is 39.1. The number of halogens is 1. The van der Waals surface area contributed by atoms with Gasteiger partial charge in [-0.2, -0.15) is 31.1 Å². The van der Waals surface area contributed by atoms with Gasteiger partial charge in [0.15, 0.2) is 0 Å². The predicted molar refractivity (Wildman–Crippen MR) is 469 cm³/mol. The van der Waals surface area contributed by atoms with Crippen LogP contribution in [-0.2, 0) is 13.1 Å².